The molecule has 3 rings (SSSR count). The zero-order valence-corrected chi connectivity index (χ0v) is 17.0. The van der Waals surface area contributed by atoms with Gasteiger partial charge in [-0.1, -0.05) is 12.1 Å². The fourth-order valence-corrected chi connectivity index (χ4v) is 3.22. The van der Waals surface area contributed by atoms with Crippen LogP contribution >= 0.6 is 0 Å². The maximum Gasteiger partial charge on any atom is 0.416 e. The second kappa shape index (κ2) is 9.38. The summed E-state index contributed by atoms with van der Waals surface area (Å²) in [6, 6.07) is 9.20. The van der Waals surface area contributed by atoms with Crippen LogP contribution in [-0.4, -0.2) is 38.8 Å². The molecular weight excluding hydrogens is 397 g/mol. The van der Waals surface area contributed by atoms with E-state index in [2.05, 4.69) is 5.32 Å². The summed E-state index contributed by atoms with van der Waals surface area (Å²) < 4.78 is 50.5. The molecule has 1 aliphatic heterocycles. The first-order valence-corrected chi connectivity index (χ1v) is 9.78. The van der Waals surface area contributed by atoms with Gasteiger partial charge in [-0.2, -0.15) is 13.2 Å². The van der Waals surface area contributed by atoms with Gasteiger partial charge in [0.25, 0.3) is 0 Å². The highest BCUT2D eigenvalue weighted by Gasteiger charge is 2.32. The van der Waals surface area contributed by atoms with Crippen LogP contribution in [0, 0.1) is 13.8 Å². The van der Waals surface area contributed by atoms with Gasteiger partial charge in [-0.3, -0.25) is 4.79 Å². The minimum atomic E-state index is -4.49. The average Bonchev–Trinajstić information content (AvgIpc) is 2.70. The van der Waals surface area contributed by atoms with Crippen LogP contribution in [0.4, 0.5) is 24.5 Å². The van der Waals surface area contributed by atoms with E-state index in [1.807, 2.05) is 36.9 Å². The zero-order chi connectivity index (χ0) is 21.7. The lowest BCUT2D eigenvalue weighted by molar-refractivity contribution is -0.137. The highest BCUT2D eigenvalue weighted by atomic mass is 19.4. The quantitative estimate of drug-likeness (QED) is 0.741. The van der Waals surface area contributed by atoms with Crippen molar-refractivity contribution >= 4 is 17.3 Å². The molecule has 1 heterocycles. The molecule has 0 atom stereocenters. The van der Waals surface area contributed by atoms with Crippen molar-refractivity contribution in [3.63, 3.8) is 0 Å². The lowest BCUT2D eigenvalue weighted by Gasteiger charge is -2.31. The van der Waals surface area contributed by atoms with Gasteiger partial charge in [0.2, 0.25) is 5.91 Å². The van der Waals surface area contributed by atoms with Crippen LogP contribution in [0.15, 0.2) is 36.4 Å². The van der Waals surface area contributed by atoms with Crippen LogP contribution in [-0.2, 0) is 15.7 Å². The highest BCUT2D eigenvalue weighted by Crippen LogP contribution is 2.35. The number of hydrogen-bond donors (Lipinski definition) is 1. The van der Waals surface area contributed by atoms with E-state index in [-0.39, 0.29) is 18.7 Å². The van der Waals surface area contributed by atoms with Crippen LogP contribution in [0.3, 0.4) is 0 Å². The third-order valence-electron chi connectivity index (χ3n) is 4.88. The Kier molecular flexibility index (Phi) is 6.87. The number of hydrogen-bond acceptors (Lipinski definition) is 4. The number of carbonyl (C=O) groups is 1. The Morgan fingerprint density at radius 2 is 1.87 bits per heavy atom. The number of aryl methyl sites for hydroxylation is 2. The van der Waals surface area contributed by atoms with Gasteiger partial charge in [0.15, 0.2) is 0 Å². The molecule has 0 bridgehead atoms. The van der Waals surface area contributed by atoms with Gasteiger partial charge in [-0.15, -0.1) is 0 Å². The molecule has 0 aliphatic carbocycles. The summed E-state index contributed by atoms with van der Waals surface area (Å²) in [5.41, 5.74) is 1.88. The van der Waals surface area contributed by atoms with Crippen LogP contribution < -0.4 is 15.0 Å². The van der Waals surface area contributed by atoms with Crippen molar-refractivity contribution in [1.29, 1.82) is 0 Å². The normalized spacial score (nSPS) is 14.5. The number of nitrogens with one attached hydrogen (secondary N) is 1. The Morgan fingerprint density at radius 1 is 1.13 bits per heavy atom. The maximum absolute atomic E-state index is 13.2. The van der Waals surface area contributed by atoms with Crippen LogP contribution in [0.2, 0.25) is 0 Å². The zero-order valence-electron chi connectivity index (χ0n) is 17.0. The van der Waals surface area contributed by atoms with E-state index in [9.17, 15) is 18.0 Å². The molecule has 1 saturated heterocycles. The minimum Gasteiger partial charge on any atom is -0.493 e. The molecule has 1 aliphatic rings. The van der Waals surface area contributed by atoms with E-state index in [1.165, 1.54) is 6.07 Å². The molecule has 0 radical (unpaired) electrons. The number of morpholine rings is 1. The first kappa shape index (κ1) is 22.0. The third kappa shape index (κ3) is 5.66. The second-order valence-corrected chi connectivity index (χ2v) is 7.24. The van der Waals surface area contributed by atoms with Crippen molar-refractivity contribution in [2.45, 2.75) is 26.4 Å². The molecule has 0 aromatic heterocycles. The first-order chi connectivity index (χ1) is 14.2. The van der Waals surface area contributed by atoms with Gasteiger partial charge < -0.3 is 19.7 Å². The van der Waals surface area contributed by atoms with Gasteiger partial charge >= 0.3 is 6.18 Å². The van der Waals surface area contributed by atoms with Crippen molar-refractivity contribution in [2.24, 2.45) is 0 Å². The predicted molar refractivity (Wildman–Crippen MR) is 109 cm³/mol. The fraction of sp³-hybridized carbons (Fsp3) is 0.409. The largest absolute Gasteiger partial charge is 0.493 e. The van der Waals surface area contributed by atoms with Gasteiger partial charge in [-0.05, 0) is 49.2 Å². The third-order valence-corrected chi connectivity index (χ3v) is 4.88. The summed E-state index contributed by atoms with van der Waals surface area (Å²) in [7, 11) is 0. The minimum absolute atomic E-state index is 0.0200. The van der Waals surface area contributed by atoms with Crippen molar-refractivity contribution in [3.8, 4) is 5.75 Å². The van der Waals surface area contributed by atoms with E-state index in [1.54, 1.807) is 0 Å². The Labute approximate surface area is 173 Å². The number of rotatable bonds is 6. The molecule has 8 heteroatoms. The molecule has 162 valence electrons. The number of benzene rings is 2. The van der Waals surface area contributed by atoms with E-state index >= 15 is 0 Å². The van der Waals surface area contributed by atoms with Gasteiger partial charge in [0, 0.05) is 13.1 Å². The topological polar surface area (TPSA) is 50.8 Å². The number of nitrogens with zero attached hydrogens (tertiary/aromatic N) is 1. The molecule has 1 amide bonds. The average molecular weight is 422 g/mol. The summed E-state index contributed by atoms with van der Waals surface area (Å²) in [5, 5.41) is 2.63. The Balaban J connectivity index is 1.69. The van der Waals surface area contributed by atoms with Gasteiger partial charge in [-0.25, -0.2) is 0 Å². The molecule has 1 N–H and O–H groups in total. The molecule has 1 fully saturated rings. The number of ether oxygens (including phenoxy) is 2. The Morgan fingerprint density at radius 3 is 2.57 bits per heavy atom. The summed E-state index contributed by atoms with van der Waals surface area (Å²) in [6.45, 7) is 6.04. The number of anilines is 2. The van der Waals surface area contributed by atoms with Crippen LogP contribution in [0.5, 0.6) is 5.75 Å². The van der Waals surface area contributed by atoms with Crippen molar-refractivity contribution in [1.82, 2.24) is 0 Å². The smallest absolute Gasteiger partial charge is 0.416 e. The van der Waals surface area contributed by atoms with Crippen LogP contribution in [0.1, 0.15) is 23.1 Å². The molecule has 0 spiro atoms. The maximum atomic E-state index is 13.2. The lowest BCUT2D eigenvalue weighted by Crippen LogP contribution is -2.37. The number of halogens is 3. The van der Waals surface area contributed by atoms with Crippen molar-refractivity contribution in [3.05, 3.63) is 53.1 Å². The number of carbonyl (C=O) groups excluding carboxylic acids is 1. The predicted octanol–water partition coefficient (Wildman–Crippen LogP) is 4.57. The summed E-state index contributed by atoms with van der Waals surface area (Å²) in [5.74, 6) is 0.282. The summed E-state index contributed by atoms with van der Waals surface area (Å²) >= 11 is 0. The summed E-state index contributed by atoms with van der Waals surface area (Å²) in [6.07, 6.45) is -4.47. The van der Waals surface area contributed by atoms with Crippen molar-refractivity contribution < 1.29 is 27.4 Å². The van der Waals surface area contributed by atoms with Crippen molar-refractivity contribution in [2.75, 3.05) is 43.1 Å². The Hall–Kier alpha value is -2.74. The molecule has 2 aromatic carbocycles. The number of amides is 1. The van der Waals surface area contributed by atoms with E-state index in [4.69, 9.17) is 9.47 Å². The SMILES string of the molecule is Cc1ccc(C)c(OCCC(=O)Nc2cc(C(F)(F)F)ccc2N2CCOCC2)c1. The molecule has 5 nitrogen and oxygen atoms in total. The van der Waals surface area contributed by atoms with E-state index in [0.29, 0.717) is 37.7 Å². The fourth-order valence-electron chi connectivity index (χ4n) is 3.22. The standard InChI is InChI=1S/C22H25F3N2O3/c1-15-3-4-16(2)20(13-15)30-10-7-21(28)26-18-14-17(22(23,24)25)5-6-19(18)27-8-11-29-12-9-27/h3-6,13-14H,7-12H2,1-2H3,(H,26,28). The van der Waals surface area contributed by atoms with E-state index < -0.39 is 17.6 Å². The van der Waals surface area contributed by atoms with Crippen LogP contribution in [0.25, 0.3) is 0 Å². The van der Waals surface area contributed by atoms with Gasteiger partial charge in [0.1, 0.15) is 5.75 Å². The van der Waals surface area contributed by atoms with Gasteiger partial charge in [0.05, 0.1) is 43.2 Å². The first-order valence-electron chi connectivity index (χ1n) is 9.78. The molecule has 2 aromatic rings. The highest BCUT2D eigenvalue weighted by molar-refractivity contribution is 5.94. The molecular formula is C22H25F3N2O3. The monoisotopic (exact) mass is 422 g/mol. The Bertz CT molecular complexity index is 894. The molecule has 0 unspecified atom stereocenters. The molecule has 30 heavy (non-hydrogen) atoms. The molecule has 0 saturated carbocycles. The summed E-state index contributed by atoms with van der Waals surface area (Å²) in [4.78, 5) is 14.3. The lowest BCUT2D eigenvalue weighted by atomic mass is 10.1. The number of alkyl halides is 3. The van der Waals surface area contributed by atoms with E-state index in [0.717, 1.165) is 23.3 Å². The second-order valence-electron chi connectivity index (χ2n) is 7.24.